The second-order valence-corrected chi connectivity index (χ2v) is 5.50. The molecule has 1 aliphatic rings. The van der Waals surface area contributed by atoms with E-state index >= 15 is 0 Å². The molecule has 1 aliphatic heterocycles. The normalized spacial score (nSPS) is 16.7. The lowest BCUT2D eigenvalue weighted by Gasteiger charge is -2.19. The molecular weight excluding hydrogens is 238 g/mol. The van der Waals surface area contributed by atoms with Gasteiger partial charge in [-0.3, -0.25) is 4.79 Å². The van der Waals surface area contributed by atoms with E-state index in [1.54, 1.807) is 0 Å². The second-order valence-electron chi connectivity index (χ2n) is 5.50. The van der Waals surface area contributed by atoms with E-state index in [0.717, 1.165) is 18.8 Å². The summed E-state index contributed by atoms with van der Waals surface area (Å²) < 4.78 is 0. The first-order chi connectivity index (χ1) is 9.08. The second kappa shape index (κ2) is 6.06. The number of anilines is 2. The first-order valence-electron chi connectivity index (χ1n) is 6.99. The van der Waals surface area contributed by atoms with Crippen LogP contribution in [0.5, 0.6) is 0 Å². The summed E-state index contributed by atoms with van der Waals surface area (Å²) in [5, 5.41) is 2.90. The molecule has 0 unspecified atom stereocenters. The van der Waals surface area contributed by atoms with Gasteiger partial charge in [-0.15, -0.1) is 0 Å². The number of nitrogens with two attached hydrogens (primary N) is 1. The van der Waals surface area contributed by atoms with Crippen molar-refractivity contribution in [1.29, 1.82) is 0 Å². The fourth-order valence-electron chi connectivity index (χ4n) is 2.28. The highest BCUT2D eigenvalue weighted by Crippen LogP contribution is 2.23. The lowest BCUT2D eigenvalue weighted by molar-refractivity contribution is -0.118. The minimum Gasteiger partial charge on any atom is -0.371 e. The number of carbonyl (C=O) groups is 1. The molecule has 4 heteroatoms. The van der Waals surface area contributed by atoms with Crippen LogP contribution in [0.15, 0.2) is 24.3 Å². The average molecular weight is 261 g/mol. The molecule has 0 aliphatic carbocycles. The molecular formula is C15H23N3O. The van der Waals surface area contributed by atoms with E-state index in [1.807, 2.05) is 32.0 Å². The van der Waals surface area contributed by atoms with Gasteiger partial charge in [-0.05, 0) is 37.0 Å². The summed E-state index contributed by atoms with van der Waals surface area (Å²) in [5.74, 6) is 0.0235. The van der Waals surface area contributed by atoms with Crippen LogP contribution in [0.4, 0.5) is 11.4 Å². The zero-order valence-corrected chi connectivity index (χ0v) is 11.7. The Labute approximate surface area is 115 Å². The number of hydrogen-bond acceptors (Lipinski definition) is 3. The first-order valence-corrected chi connectivity index (χ1v) is 6.99. The number of rotatable bonds is 4. The quantitative estimate of drug-likeness (QED) is 0.873. The lowest BCUT2D eigenvalue weighted by Crippen LogP contribution is -2.39. The molecule has 1 atom stereocenters. The number of hydrogen-bond donors (Lipinski definition) is 2. The monoisotopic (exact) mass is 261 g/mol. The highest BCUT2D eigenvalue weighted by Gasteiger charge is 2.18. The van der Waals surface area contributed by atoms with Gasteiger partial charge in [0.25, 0.3) is 0 Å². The van der Waals surface area contributed by atoms with Crippen molar-refractivity contribution >= 4 is 17.3 Å². The van der Waals surface area contributed by atoms with Crippen molar-refractivity contribution in [3.8, 4) is 0 Å². The van der Waals surface area contributed by atoms with Gasteiger partial charge in [0.05, 0.1) is 6.04 Å². The van der Waals surface area contributed by atoms with E-state index in [4.69, 9.17) is 5.73 Å². The van der Waals surface area contributed by atoms with Gasteiger partial charge < -0.3 is 16.0 Å². The van der Waals surface area contributed by atoms with Gasteiger partial charge in [-0.25, -0.2) is 0 Å². The predicted octanol–water partition coefficient (Wildman–Crippen LogP) is 2.21. The molecule has 1 saturated heterocycles. The van der Waals surface area contributed by atoms with Crippen LogP contribution >= 0.6 is 0 Å². The number of nitrogens with one attached hydrogen (secondary N) is 1. The third-order valence-electron chi connectivity index (χ3n) is 3.61. The Morgan fingerprint density at radius 1 is 1.32 bits per heavy atom. The Kier molecular flexibility index (Phi) is 4.43. The van der Waals surface area contributed by atoms with E-state index in [2.05, 4.69) is 16.3 Å². The molecule has 0 spiro atoms. The van der Waals surface area contributed by atoms with E-state index in [0.29, 0.717) is 0 Å². The predicted molar refractivity (Wildman–Crippen MR) is 79.3 cm³/mol. The standard InChI is InChI=1S/C15H23N3O/c1-11(2)14(16)15(19)17-12-6-5-7-13(10-12)18-8-3-4-9-18/h5-7,10-11,14H,3-4,8-9,16H2,1-2H3,(H,17,19)/t14-/m0/s1. The molecule has 4 nitrogen and oxygen atoms in total. The molecule has 2 rings (SSSR count). The van der Waals surface area contributed by atoms with Crippen molar-refractivity contribution in [2.45, 2.75) is 32.7 Å². The molecule has 19 heavy (non-hydrogen) atoms. The summed E-state index contributed by atoms with van der Waals surface area (Å²) >= 11 is 0. The Hall–Kier alpha value is -1.55. The van der Waals surface area contributed by atoms with Crippen LogP contribution in [0.2, 0.25) is 0 Å². The first kappa shape index (κ1) is 13.9. The summed E-state index contributed by atoms with van der Waals surface area (Å²) in [7, 11) is 0. The van der Waals surface area contributed by atoms with Gasteiger partial charge in [0.15, 0.2) is 0 Å². The van der Waals surface area contributed by atoms with Crippen molar-refractivity contribution in [3.63, 3.8) is 0 Å². The number of nitrogens with zero attached hydrogens (tertiary/aromatic N) is 1. The van der Waals surface area contributed by atoms with E-state index in [9.17, 15) is 4.79 Å². The van der Waals surface area contributed by atoms with Gasteiger partial charge in [0.1, 0.15) is 0 Å². The highest BCUT2D eigenvalue weighted by molar-refractivity contribution is 5.95. The third kappa shape index (κ3) is 3.47. The minimum atomic E-state index is -0.463. The summed E-state index contributed by atoms with van der Waals surface area (Å²) in [6, 6.07) is 7.53. The van der Waals surface area contributed by atoms with E-state index in [1.165, 1.54) is 18.5 Å². The Bertz CT molecular complexity index is 439. The highest BCUT2D eigenvalue weighted by atomic mass is 16.2. The Morgan fingerprint density at radius 2 is 2.00 bits per heavy atom. The molecule has 1 aromatic carbocycles. The average Bonchev–Trinajstić information content (AvgIpc) is 2.91. The third-order valence-corrected chi connectivity index (χ3v) is 3.61. The Morgan fingerprint density at radius 3 is 2.63 bits per heavy atom. The molecule has 0 aromatic heterocycles. The van der Waals surface area contributed by atoms with Crippen LogP contribution < -0.4 is 16.0 Å². The van der Waals surface area contributed by atoms with Crippen LogP contribution in [0, 0.1) is 5.92 Å². The Balaban J connectivity index is 2.04. The topological polar surface area (TPSA) is 58.4 Å². The van der Waals surface area contributed by atoms with Crippen molar-refractivity contribution in [2.24, 2.45) is 11.7 Å². The van der Waals surface area contributed by atoms with Crippen LogP contribution in [0.25, 0.3) is 0 Å². The van der Waals surface area contributed by atoms with Crippen molar-refractivity contribution in [3.05, 3.63) is 24.3 Å². The van der Waals surface area contributed by atoms with Gasteiger partial charge in [0, 0.05) is 24.5 Å². The number of amides is 1. The van der Waals surface area contributed by atoms with Crippen LogP contribution in [-0.4, -0.2) is 25.0 Å². The zero-order valence-electron chi connectivity index (χ0n) is 11.7. The van der Waals surface area contributed by atoms with Gasteiger partial charge in [-0.1, -0.05) is 19.9 Å². The lowest BCUT2D eigenvalue weighted by atomic mass is 10.0. The van der Waals surface area contributed by atoms with Gasteiger partial charge >= 0.3 is 0 Å². The maximum Gasteiger partial charge on any atom is 0.241 e. The van der Waals surface area contributed by atoms with E-state index < -0.39 is 6.04 Å². The molecule has 1 aromatic rings. The number of carbonyl (C=O) groups excluding carboxylic acids is 1. The van der Waals surface area contributed by atoms with Gasteiger partial charge in [-0.2, -0.15) is 0 Å². The molecule has 0 radical (unpaired) electrons. The zero-order chi connectivity index (χ0) is 13.8. The summed E-state index contributed by atoms with van der Waals surface area (Å²) in [6.07, 6.45) is 2.49. The molecule has 0 bridgehead atoms. The van der Waals surface area contributed by atoms with Crippen LogP contribution in [-0.2, 0) is 4.79 Å². The van der Waals surface area contributed by atoms with E-state index in [-0.39, 0.29) is 11.8 Å². The van der Waals surface area contributed by atoms with Crippen molar-refractivity contribution < 1.29 is 4.79 Å². The molecule has 1 fully saturated rings. The fraction of sp³-hybridized carbons (Fsp3) is 0.533. The maximum atomic E-state index is 11.9. The maximum absolute atomic E-state index is 11.9. The molecule has 0 saturated carbocycles. The van der Waals surface area contributed by atoms with Crippen LogP contribution in [0.3, 0.4) is 0 Å². The van der Waals surface area contributed by atoms with Crippen molar-refractivity contribution in [1.82, 2.24) is 0 Å². The fourth-order valence-corrected chi connectivity index (χ4v) is 2.28. The summed E-state index contributed by atoms with van der Waals surface area (Å²) in [5.41, 5.74) is 7.84. The molecule has 104 valence electrons. The van der Waals surface area contributed by atoms with Crippen LogP contribution in [0.1, 0.15) is 26.7 Å². The smallest absolute Gasteiger partial charge is 0.241 e. The summed E-state index contributed by atoms with van der Waals surface area (Å²) in [4.78, 5) is 14.3. The minimum absolute atomic E-state index is 0.117. The number of benzene rings is 1. The van der Waals surface area contributed by atoms with Crippen molar-refractivity contribution in [2.75, 3.05) is 23.3 Å². The largest absolute Gasteiger partial charge is 0.371 e. The van der Waals surface area contributed by atoms with Gasteiger partial charge in [0.2, 0.25) is 5.91 Å². The summed E-state index contributed by atoms with van der Waals surface area (Å²) in [6.45, 7) is 6.10. The molecule has 1 amide bonds. The molecule has 1 heterocycles. The SMILES string of the molecule is CC(C)[C@H](N)C(=O)Nc1cccc(N2CCCC2)c1. The molecule has 3 N–H and O–H groups in total.